The molecule has 10 nitrogen and oxygen atoms in total. The quantitative estimate of drug-likeness (QED) is 0.0977. The van der Waals surface area contributed by atoms with Crippen molar-refractivity contribution in [3.63, 3.8) is 0 Å². The molecule has 0 heterocycles. The molecule has 4 aromatic carbocycles. The summed E-state index contributed by atoms with van der Waals surface area (Å²) in [7, 11) is 2.96. The number of allylic oxidation sites excluding steroid dienone is 1. The molecule has 2 amide bonds. The molecule has 0 saturated carbocycles. The lowest BCUT2D eigenvalue weighted by Crippen LogP contribution is -2.30. The molecular weight excluding hydrogens is 550 g/mol. The van der Waals surface area contributed by atoms with E-state index in [9.17, 15) is 24.5 Å². The molecule has 0 aliphatic carbocycles. The molecule has 2 N–H and O–H groups in total. The van der Waals surface area contributed by atoms with Gasteiger partial charge < -0.3 is 20.1 Å². The number of benzene rings is 4. The maximum absolute atomic E-state index is 13.4. The molecule has 0 radical (unpaired) electrons. The summed E-state index contributed by atoms with van der Waals surface area (Å²) in [6, 6.07) is 25.8. The van der Waals surface area contributed by atoms with Crippen molar-refractivity contribution in [2.24, 2.45) is 0 Å². The van der Waals surface area contributed by atoms with Crippen LogP contribution in [0.15, 0.2) is 109 Å². The Kier molecular flexibility index (Phi) is 9.78. The fourth-order valence-corrected chi connectivity index (χ4v) is 4.10. The van der Waals surface area contributed by atoms with Crippen LogP contribution in [0.2, 0.25) is 0 Å². The van der Waals surface area contributed by atoms with Gasteiger partial charge in [-0.3, -0.25) is 24.5 Å². The van der Waals surface area contributed by atoms with E-state index >= 15 is 0 Å². The van der Waals surface area contributed by atoms with Crippen molar-refractivity contribution < 1.29 is 28.8 Å². The van der Waals surface area contributed by atoms with Gasteiger partial charge in [0.15, 0.2) is 17.3 Å². The second-order valence-electron chi connectivity index (χ2n) is 9.01. The minimum absolute atomic E-state index is 0.0621. The number of nitro benzene ring substituents is 1. The Morgan fingerprint density at radius 1 is 0.767 bits per heavy atom. The van der Waals surface area contributed by atoms with Crippen LogP contribution in [0.3, 0.4) is 0 Å². The number of ketones is 1. The fourth-order valence-electron chi connectivity index (χ4n) is 4.10. The van der Waals surface area contributed by atoms with Crippen molar-refractivity contribution in [3.05, 3.63) is 141 Å². The van der Waals surface area contributed by atoms with Gasteiger partial charge in [0, 0.05) is 28.4 Å². The lowest BCUT2D eigenvalue weighted by Gasteiger charge is -2.14. The minimum Gasteiger partial charge on any atom is -0.493 e. The van der Waals surface area contributed by atoms with E-state index in [0.29, 0.717) is 39.4 Å². The van der Waals surface area contributed by atoms with Gasteiger partial charge in [0.25, 0.3) is 17.5 Å². The number of para-hydroxylation sites is 2. The van der Waals surface area contributed by atoms with E-state index < -0.39 is 16.7 Å². The third-order valence-corrected chi connectivity index (χ3v) is 6.24. The van der Waals surface area contributed by atoms with Crippen LogP contribution in [0, 0.1) is 10.1 Å². The highest BCUT2D eigenvalue weighted by Gasteiger charge is 2.18. The average Bonchev–Trinajstić information content (AvgIpc) is 3.03. The van der Waals surface area contributed by atoms with Crippen LogP contribution < -0.4 is 20.1 Å². The highest BCUT2D eigenvalue weighted by atomic mass is 16.6. The number of hydrogen-bond donors (Lipinski definition) is 2. The summed E-state index contributed by atoms with van der Waals surface area (Å²) in [6.07, 6.45) is 4.11. The number of ether oxygens (including phenoxy) is 2. The number of nitrogens with one attached hydrogen (secondary N) is 2. The molecule has 0 aliphatic rings. The number of hydrogen-bond acceptors (Lipinski definition) is 7. The van der Waals surface area contributed by atoms with E-state index in [1.807, 2.05) is 0 Å². The molecule has 43 heavy (non-hydrogen) atoms. The highest BCUT2D eigenvalue weighted by molar-refractivity contribution is 6.11. The highest BCUT2D eigenvalue weighted by Crippen LogP contribution is 2.32. The third kappa shape index (κ3) is 7.59. The SMILES string of the molecule is COc1cccc(/C=C(\NC(=O)c2ccccc2)C(=O)Nc2ccc(C(=O)/C=C/c3ccccc3[N+](=O)[O-])cc2)c1OC. The van der Waals surface area contributed by atoms with Gasteiger partial charge in [-0.05, 0) is 66.8 Å². The Morgan fingerprint density at radius 3 is 2.12 bits per heavy atom. The van der Waals surface area contributed by atoms with E-state index in [2.05, 4.69) is 10.6 Å². The number of nitro groups is 1. The second-order valence-corrected chi connectivity index (χ2v) is 9.01. The maximum Gasteiger partial charge on any atom is 0.276 e. The Morgan fingerprint density at radius 2 is 1.44 bits per heavy atom. The average molecular weight is 578 g/mol. The number of methoxy groups -OCH3 is 2. The zero-order valence-corrected chi connectivity index (χ0v) is 23.3. The molecule has 0 unspecified atom stereocenters. The van der Waals surface area contributed by atoms with Gasteiger partial charge in [-0.2, -0.15) is 0 Å². The molecule has 0 fully saturated rings. The van der Waals surface area contributed by atoms with Crippen LogP contribution in [0.1, 0.15) is 31.8 Å². The molecule has 10 heteroatoms. The van der Waals surface area contributed by atoms with Crippen molar-refractivity contribution >= 4 is 41.1 Å². The van der Waals surface area contributed by atoms with E-state index in [4.69, 9.17) is 9.47 Å². The largest absolute Gasteiger partial charge is 0.493 e. The maximum atomic E-state index is 13.4. The van der Waals surface area contributed by atoms with Crippen LogP contribution in [0.5, 0.6) is 11.5 Å². The Labute approximate surface area is 247 Å². The second kappa shape index (κ2) is 14.0. The van der Waals surface area contributed by atoms with Gasteiger partial charge in [0.2, 0.25) is 0 Å². The van der Waals surface area contributed by atoms with Crippen molar-refractivity contribution in [3.8, 4) is 11.5 Å². The molecule has 4 rings (SSSR count). The number of carbonyl (C=O) groups excluding carboxylic acids is 3. The van der Waals surface area contributed by atoms with Crippen LogP contribution in [0.4, 0.5) is 11.4 Å². The smallest absolute Gasteiger partial charge is 0.276 e. The zero-order valence-electron chi connectivity index (χ0n) is 23.3. The van der Waals surface area contributed by atoms with Crippen molar-refractivity contribution in [1.82, 2.24) is 5.32 Å². The third-order valence-electron chi connectivity index (χ3n) is 6.24. The molecule has 4 aromatic rings. The predicted molar refractivity (Wildman–Crippen MR) is 163 cm³/mol. The molecule has 0 aromatic heterocycles. The first-order valence-electron chi connectivity index (χ1n) is 13.0. The summed E-state index contributed by atoms with van der Waals surface area (Å²) in [5.74, 6) is -0.667. The van der Waals surface area contributed by atoms with Crippen molar-refractivity contribution in [1.29, 1.82) is 0 Å². The Bertz CT molecular complexity index is 1710. The van der Waals surface area contributed by atoms with Gasteiger partial charge in [-0.25, -0.2) is 0 Å². The van der Waals surface area contributed by atoms with Crippen LogP contribution in [-0.2, 0) is 4.79 Å². The standard InChI is InChI=1S/C33H27N3O7/c1-42-30-14-8-12-25(31(30)43-2)21-27(35-32(38)24-10-4-3-5-11-24)33(39)34-26-18-15-23(16-19-26)29(37)20-17-22-9-6-7-13-28(22)36(40)41/h3-21H,1-2H3,(H,34,39)(H,35,38)/b20-17+,27-21-. The first-order chi connectivity index (χ1) is 20.8. The van der Waals surface area contributed by atoms with Gasteiger partial charge in [0.05, 0.1) is 24.7 Å². The summed E-state index contributed by atoms with van der Waals surface area (Å²) in [5.41, 5.74) is 1.65. The van der Waals surface area contributed by atoms with Crippen molar-refractivity contribution in [2.45, 2.75) is 0 Å². The molecule has 0 saturated heterocycles. The molecule has 0 spiro atoms. The molecule has 0 aliphatic heterocycles. The monoisotopic (exact) mass is 577 g/mol. The lowest BCUT2D eigenvalue weighted by atomic mass is 10.1. The van der Waals surface area contributed by atoms with Crippen LogP contribution in [0.25, 0.3) is 12.2 Å². The number of anilines is 1. The molecule has 0 bridgehead atoms. The molecular formula is C33H27N3O7. The minimum atomic E-state index is -0.621. The topological polar surface area (TPSA) is 137 Å². The van der Waals surface area contributed by atoms with Crippen LogP contribution >= 0.6 is 0 Å². The Balaban J connectivity index is 1.56. The first-order valence-corrected chi connectivity index (χ1v) is 13.0. The summed E-state index contributed by atoms with van der Waals surface area (Å²) in [5, 5.41) is 16.6. The van der Waals surface area contributed by atoms with Gasteiger partial charge in [-0.1, -0.05) is 42.5 Å². The van der Waals surface area contributed by atoms with E-state index in [0.717, 1.165) is 0 Å². The summed E-state index contributed by atoms with van der Waals surface area (Å²) < 4.78 is 10.8. The summed E-state index contributed by atoms with van der Waals surface area (Å²) in [4.78, 5) is 49.7. The number of nitrogens with zero attached hydrogens (tertiary/aromatic N) is 1. The van der Waals surface area contributed by atoms with E-state index in [1.165, 1.54) is 62.8 Å². The molecule has 0 atom stereocenters. The summed E-state index contributed by atoms with van der Waals surface area (Å²) in [6.45, 7) is 0. The summed E-state index contributed by atoms with van der Waals surface area (Å²) >= 11 is 0. The first kappa shape index (κ1) is 29.9. The van der Waals surface area contributed by atoms with Gasteiger partial charge in [0.1, 0.15) is 5.70 Å². The van der Waals surface area contributed by atoms with E-state index in [1.54, 1.807) is 66.7 Å². The fraction of sp³-hybridized carbons (Fsp3) is 0.0606. The number of amides is 2. The normalized spacial score (nSPS) is 11.1. The van der Waals surface area contributed by atoms with E-state index in [-0.39, 0.29) is 17.2 Å². The molecule has 216 valence electrons. The zero-order chi connectivity index (χ0) is 30.8. The number of rotatable bonds is 11. The van der Waals surface area contributed by atoms with Gasteiger partial charge >= 0.3 is 0 Å². The predicted octanol–water partition coefficient (Wildman–Crippen LogP) is 5.92. The van der Waals surface area contributed by atoms with Gasteiger partial charge in [-0.15, -0.1) is 0 Å². The van der Waals surface area contributed by atoms with Crippen LogP contribution in [-0.4, -0.2) is 36.7 Å². The lowest BCUT2D eigenvalue weighted by molar-refractivity contribution is -0.385. The Hall–Kier alpha value is -6.03. The van der Waals surface area contributed by atoms with Crippen molar-refractivity contribution in [2.75, 3.05) is 19.5 Å². The number of carbonyl (C=O) groups is 3.